The summed E-state index contributed by atoms with van der Waals surface area (Å²) in [6.45, 7) is 1.63. The Morgan fingerprint density at radius 1 is 0.889 bits per heavy atom. The quantitative estimate of drug-likeness (QED) is 0.693. The van der Waals surface area contributed by atoms with E-state index in [1.165, 1.54) is 30.3 Å². The highest BCUT2D eigenvalue weighted by Crippen LogP contribution is 2.18. The first-order valence-electron chi connectivity index (χ1n) is 8.10. The number of hydrogen-bond donors (Lipinski definition) is 2. The second-order valence-corrected chi connectivity index (χ2v) is 7.60. The number of rotatable bonds is 5. The second kappa shape index (κ2) is 7.59. The molecule has 1 amide bonds. The predicted octanol–water partition coefficient (Wildman–Crippen LogP) is 4.19. The van der Waals surface area contributed by atoms with Gasteiger partial charge in [0.05, 0.1) is 4.90 Å². The minimum Gasteiger partial charge on any atom is -0.322 e. The molecular formula is C20H17FN2O3S. The summed E-state index contributed by atoms with van der Waals surface area (Å²) in [5.41, 5.74) is 1.51. The molecule has 0 saturated carbocycles. The molecular weight excluding hydrogens is 367 g/mol. The lowest BCUT2D eigenvalue weighted by molar-refractivity contribution is 0.102. The fraction of sp³-hybridized carbons (Fsp3) is 0.0500. The number of aryl methyl sites for hydroxylation is 1. The highest BCUT2D eigenvalue weighted by atomic mass is 32.2. The Kier molecular flexibility index (Phi) is 5.23. The van der Waals surface area contributed by atoms with Crippen molar-refractivity contribution in [3.05, 3.63) is 89.7 Å². The molecule has 0 spiro atoms. The van der Waals surface area contributed by atoms with Crippen LogP contribution in [0.15, 0.2) is 77.7 Å². The maximum Gasteiger partial charge on any atom is 0.261 e. The number of halogens is 1. The molecule has 0 aliphatic heterocycles. The minimum atomic E-state index is -3.76. The fourth-order valence-electron chi connectivity index (χ4n) is 2.38. The molecule has 0 radical (unpaired) electrons. The van der Waals surface area contributed by atoms with Crippen LogP contribution in [0.1, 0.15) is 15.9 Å². The Balaban J connectivity index is 1.74. The van der Waals surface area contributed by atoms with Crippen LogP contribution >= 0.6 is 0 Å². The highest BCUT2D eigenvalue weighted by molar-refractivity contribution is 7.92. The zero-order valence-corrected chi connectivity index (χ0v) is 15.3. The van der Waals surface area contributed by atoms with Gasteiger partial charge in [-0.15, -0.1) is 0 Å². The van der Waals surface area contributed by atoms with E-state index >= 15 is 0 Å². The molecule has 0 bridgehead atoms. The van der Waals surface area contributed by atoms with Gasteiger partial charge in [-0.05, 0) is 61.0 Å². The van der Waals surface area contributed by atoms with E-state index in [-0.39, 0.29) is 10.5 Å². The number of carbonyl (C=O) groups is 1. The highest BCUT2D eigenvalue weighted by Gasteiger charge is 2.15. The Morgan fingerprint density at radius 2 is 1.56 bits per heavy atom. The lowest BCUT2D eigenvalue weighted by Gasteiger charge is -2.09. The van der Waals surface area contributed by atoms with Gasteiger partial charge < -0.3 is 5.32 Å². The Morgan fingerprint density at radius 3 is 2.19 bits per heavy atom. The lowest BCUT2D eigenvalue weighted by atomic mass is 10.2. The molecule has 2 N–H and O–H groups in total. The van der Waals surface area contributed by atoms with E-state index < -0.39 is 21.7 Å². The molecule has 0 saturated heterocycles. The van der Waals surface area contributed by atoms with Crippen LogP contribution in [0.25, 0.3) is 0 Å². The van der Waals surface area contributed by atoms with Crippen LogP contribution < -0.4 is 10.0 Å². The zero-order valence-electron chi connectivity index (χ0n) is 14.4. The molecule has 0 aromatic heterocycles. The Bertz CT molecular complexity index is 1070. The van der Waals surface area contributed by atoms with E-state index in [4.69, 9.17) is 0 Å². The van der Waals surface area contributed by atoms with Gasteiger partial charge in [0, 0.05) is 16.9 Å². The van der Waals surface area contributed by atoms with E-state index in [9.17, 15) is 17.6 Å². The van der Waals surface area contributed by atoms with Gasteiger partial charge in [0.15, 0.2) is 0 Å². The number of sulfonamides is 1. The van der Waals surface area contributed by atoms with Crippen molar-refractivity contribution in [2.75, 3.05) is 10.0 Å². The topological polar surface area (TPSA) is 75.3 Å². The first-order chi connectivity index (χ1) is 12.8. The summed E-state index contributed by atoms with van der Waals surface area (Å²) in [6.07, 6.45) is 0. The van der Waals surface area contributed by atoms with Gasteiger partial charge in [0.2, 0.25) is 0 Å². The van der Waals surface area contributed by atoms with Crippen molar-refractivity contribution in [1.29, 1.82) is 0 Å². The molecule has 0 aliphatic rings. The lowest BCUT2D eigenvalue weighted by Crippen LogP contribution is -2.15. The van der Waals surface area contributed by atoms with Crippen molar-refractivity contribution < 1.29 is 17.6 Å². The Hall–Kier alpha value is -3.19. The van der Waals surface area contributed by atoms with E-state index in [1.807, 2.05) is 0 Å². The molecule has 0 unspecified atom stereocenters. The monoisotopic (exact) mass is 384 g/mol. The van der Waals surface area contributed by atoms with Crippen molar-refractivity contribution >= 4 is 27.3 Å². The number of para-hydroxylation sites is 1. The number of carbonyl (C=O) groups excluding carboxylic acids is 1. The molecule has 7 heteroatoms. The number of hydrogen-bond acceptors (Lipinski definition) is 3. The molecule has 0 fully saturated rings. The first kappa shape index (κ1) is 18.6. The van der Waals surface area contributed by atoms with Crippen molar-refractivity contribution in [2.45, 2.75) is 11.8 Å². The van der Waals surface area contributed by atoms with Crippen molar-refractivity contribution in [2.24, 2.45) is 0 Å². The largest absolute Gasteiger partial charge is 0.322 e. The van der Waals surface area contributed by atoms with Crippen molar-refractivity contribution in [1.82, 2.24) is 0 Å². The van der Waals surface area contributed by atoms with Crippen LogP contribution in [-0.2, 0) is 10.0 Å². The van der Waals surface area contributed by atoms with Crippen molar-refractivity contribution in [3.63, 3.8) is 0 Å². The zero-order chi connectivity index (χ0) is 19.4. The second-order valence-electron chi connectivity index (χ2n) is 5.91. The summed E-state index contributed by atoms with van der Waals surface area (Å²) in [5.74, 6) is -0.876. The van der Waals surface area contributed by atoms with Crippen LogP contribution in [0.3, 0.4) is 0 Å². The molecule has 138 valence electrons. The molecule has 0 atom stereocenters. The van der Waals surface area contributed by atoms with Gasteiger partial charge in [-0.2, -0.15) is 0 Å². The summed E-state index contributed by atoms with van der Waals surface area (Å²) < 4.78 is 40.8. The van der Waals surface area contributed by atoms with E-state index in [1.54, 1.807) is 49.4 Å². The molecule has 0 heterocycles. The van der Waals surface area contributed by atoms with Crippen molar-refractivity contribution in [3.8, 4) is 0 Å². The van der Waals surface area contributed by atoms with Crippen LogP contribution in [0.5, 0.6) is 0 Å². The molecule has 5 nitrogen and oxygen atoms in total. The number of benzene rings is 3. The smallest absolute Gasteiger partial charge is 0.261 e. The summed E-state index contributed by atoms with van der Waals surface area (Å²) in [4.78, 5) is 12.3. The van der Waals surface area contributed by atoms with E-state index in [2.05, 4.69) is 10.0 Å². The number of nitrogens with one attached hydrogen (secondary N) is 2. The van der Waals surface area contributed by atoms with Crippen LogP contribution in [0.4, 0.5) is 15.8 Å². The van der Waals surface area contributed by atoms with Crippen LogP contribution in [-0.4, -0.2) is 14.3 Å². The van der Waals surface area contributed by atoms with E-state index in [0.29, 0.717) is 16.9 Å². The maximum absolute atomic E-state index is 13.6. The normalized spacial score (nSPS) is 11.0. The Labute approximate surface area is 156 Å². The molecule has 0 aliphatic carbocycles. The third-order valence-electron chi connectivity index (χ3n) is 3.88. The summed E-state index contributed by atoms with van der Waals surface area (Å²) in [7, 11) is -3.76. The summed E-state index contributed by atoms with van der Waals surface area (Å²) in [5, 5.41) is 2.58. The van der Waals surface area contributed by atoms with Gasteiger partial charge in [-0.25, -0.2) is 12.8 Å². The van der Waals surface area contributed by atoms with E-state index in [0.717, 1.165) is 0 Å². The van der Waals surface area contributed by atoms with Gasteiger partial charge in [0.1, 0.15) is 5.82 Å². The fourth-order valence-corrected chi connectivity index (χ4v) is 3.44. The third kappa shape index (κ3) is 4.51. The predicted molar refractivity (Wildman–Crippen MR) is 103 cm³/mol. The van der Waals surface area contributed by atoms with Gasteiger partial charge in [-0.3, -0.25) is 9.52 Å². The minimum absolute atomic E-state index is 0.0317. The first-order valence-corrected chi connectivity index (χ1v) is 9.59. The average molecular weight is 384 g/mol. The van der Waals surface area contributed by atoms with Gasteiger partial charge >= 0.3 is 0 Å². The molecule has 3 aromatic rings. The standard InChI is InChI=1S/C20H17FN2O3S/c1-14-7-10-17(13-19(14)21)22-20(24)15-8-11-18(12-9-15)27(25,26)23-16-5-3-2-4-6-16/h2-13,23H,1H3,(H,22,24). The number of anilines is 2. The van der Waals surface area contributed by atoms with Gasteiger partial charge in [-0.1, -0.05) is 24.3 Å². The number of amides is 1. The molecule has 27 heavy (non-hydrogen) atoms. The summed E-state index contributed by atoms with van der Waals surface area (Å²) in [6, 6.07) is 18.4. The molecule has 3 aromatic carbocycles. The third-order valence-corrected chi connectivity index (χ3v) is 5.28. The summed E-state index contributed by atoms with van der Waals surface area (Å²) >= 11 is 0. The SMILES string of the molecule is Cc1ccc(NC(=O)c2ccc(S(=O)(=O)Nc3ccccc3)cc2)cc1F. The van der Waals surface area contributed by atoms with Crippen LogP contribution in [0, 0.1) is 12.7 Å². The van der Waals surface area contributed by atoms with Crippen LogP contribution in [0.2, 0.25) is 0 Å². The van der Waals surface area contributed by atoms with Gasteiger partial charge in [0.25, 0.3) is 15.9 Å². The molecule has 3 rings (SSSR count). The maximum atomic E-state index is 13.6. The average Bonchev–Trinajstić information content (AvgIpc) is 2.65.